The van der Waals surface area contributed by atoms with Crippen LogP contribution in [-0.4, -0.2) is 48.9 Å². The molecule has 0 spiro atoms. The molecule has 1 aliphatic rings. The number of benzene rings is 2. The van der Waals surface area contributed by atoms with Crippen molar-refractivity contribution < 1.29 is 23.7 Å². The lowest BCUT2D eigenvalue weighted by Crippen LogP contribution is -2.17. The lowest BCUT2D eigenvalue weighted by atomic mass is 10.1. The number of rotatable bonds is 8. The zero-order valence-electron chi connectivity index (χ0n) is 17.3. The topological polar surface area (TPSA) is 83.8 Å². The molecule has 1 atom stereocenters. The average Bonchev–Trinajstić information content (AvgIpc) is 3.47. The smallest absolute Gasteiger partial charge is 0.411 e. The van der Waals surface area contributed by atoms with Gasteiger partial charge in [0.05, 0.1) is 32.6 Å². The van der Waals surface area contributed by atoms with Gasteiger partial charge in [-0.05, 0) is 36.4 Å². The van der Waals surface area contributed by atoms with E-state index in [0.29, 0.717) is 36.9 Å². The highest BCUT2D eigenvalue weighted by Crippen LogP contribution is 2.34. The molecule has 8 heteroatoms. The SMILES string of the molecule is COc1ccc(-c2ccnn2CCOC(=O)Nc2ccccc2)cc1O[C@@H]1CCOC1. The summed E-state index contributed by atoms with van der Waals surface area (Å²) in [6.45, 7) is 1.89. The van der Waals surface area contributed by atoms with Gasteiger partial charge in [0.1, 0.15) is 12.7 Å². The van der Waals surface area contributed by atoms with Gasteiger partial charge in [-0.25, -0.2) is 4.79 Å². The first-order valence-corrected chi connectivity index (χ1v) is 10.2. The second-order valence-electron chi connectivity index (χ2n) is 7.04. The van der Waals surface area contributed by atoms with Gasteiger partial charge in [-0.1, -0.05) is 18.2 Å². The molecule has 1 fully saturated rings. The van der Waals surface area contributed by atoms with Crippen LogP contribution in [0, 0.1) is 0 Å². The minimum atomic E-state index is -0.501. The monoisotopic (exact) mass is 423 g/mol. The second kappa shape index (κ2) is 9.99. The average molecular weight is 423 g/mol. The molecule has 1 amide bonds. The summed E-state index contributed by atoms with van der Waals surface area (Å²) < 4.78 is 24.0. The van der Waals surface area contributed by atoms with Crippen molar-refractivity contribution in [1.29, 1.82) is 0 Å². The molecule has 31 heavy (non-hydrogen) atoms. The quantitative estimate of drug-likeness (QED) is 0.590. The molecule has 2 aromatic carbocycles. The van der Waals surface area contributed by atoms with Crippen LogP contribution in [0.5, 0.6) is 11.5 Å². The predicted octanol–water partition coefficient (Wildman–Crippen LogP) is 3.98. The maximum Gasteiger partial charge on any atom is 0.411 e. The lowest BCUT2D eigenvalue weighted by molar-refractivity contribution is 0.138. The van der Waals surface area contributed by atoms with Crippen molar-refractivity contribution in [3.8, 4) is 22.8 Å². The highest BCUT2D eigenvalue weighted by molar-refractivity contribution is 5.84. The third-order valence-electron chi connectivity index (χ3n) is 4.91. The van der Waals surface area contributed by atoms with Crippen LogP contribution in [0.15, 0.2) is 60.8 Å². The summed E-state index contributed by atoms with van der Waals surface area (Å²) in [4.78, 5) is 12.0. The van der Waals surface area contributed by atoms with E-state index in [2.05, 4.69) is 10.4 Å². The summed E-state index contributed by atoms with van der Waals surface area (Å²) in [6.07, 6.45) is 2.09. The standard InChI is InChI=1S/C23H25N3O5/c1-28-21-8-7-17(15-22(21)31-19-10-13-29-16-19)20-9-11-24-26(20)12-14-30-23(27)25-18-5-3-2-4-6-18/h2-9,11,15,19H,10,12-14,16H2,1H3,(H,25,27)/t19-/m1/s1. The van der Waals surface area contributed by atoms with Gasteiger partial charge in [0.25, 0.3) is 0 Å². The van der Waals surface area contributed by atoms with Crippen molar-refractivity contribution in [2.75, 3.05) is 32.2 Å². The van der Waals surface area contributed by atoms with Crippen LogP contribution in [0.1, 0.15) is 6.42 Å². The number of para-hydroxylation sites is 1. The van der Waals surface area contributed by atoms with Crippen molar-refractivity contribution >= 4 is 11.8 Å². The van der Waals surface area contributed by atoms with Gasteiger partial charge in [0.2, 0.25) is 0 Å². The van der Waals surface area contributed by atoms with E-state index in [9.17, 15) is 4.79 Å². The number of carbonyl (C=O) groups excluding carboxylic acids is 1. The molecule has 1 N–H and O–H groups in total. The normalized spacial score (nSPS) is 15.5. The molecular formula is C23H25N3O5. The Labute approximate surface area is 180 Å². The van der Waals surface area contributed by atoms with Crippen LogP contribution >= 0.6 is 0 Å². The first-order valence-electron chi connectivity index (χ1n) is 10.2. The molecule has 4 rings (SSSR count). The lowest BCUT2D eigenvalue weighted by Gasteiger charge is -2.16. The zero-order valence-corrected chi connectivity index (χ0v) is 17.3. The number of ether oxygens (including phenoxy) is 4. The second-order valence-corrected chi connectivity index (χ2v) is 7.04. The Hall–Kier alpha value is -3.52. The van der Waals surface area contributed by atoms with Gasteiger partial charge in [-0.15, -0.1) is 0 Å². The molecule has 0 aliphatic carbocycles. The Morgan fingerprint density at radius 1 is 1.19 bits per heavy atom. The number of carbonyl (C=O) groups is 1. The van der Waals surface area contributed by atoms with E-state index in [-0.39, 0.29) is 12.7 Å². The molecule has 3 aromatic rings. The number of methoxy groups -OCH3 is 1. The van der Waals surface area contributed by atoms with Crippen LogP contribution in [0.25, 0.3) is 11.3 Å². The zero-order chi connectivity index (χ0) is 21.5. The predicted molar refractivity (Wildman–Crippen MR) is 115 cm³/mol. The Balaban J connectivity index is 1.40. The van der Waals surface area contributed by atoms with Gasteiger partial charge in [0, 0.05) is 23.9 Å². The summed E-state index contributed by atoms with van der Waals surface area (Å²) in [5, 5.41) is 7.05. The number of nitrogens with one attached hydrogen (secondary N) is 1. The van der Waals surface area contributed by atoms with E-state index >= 15 is 0 Å². The first kappa shape index (κ1) is 20.7. The molecule has 0 bridgehead atoms. The fraction of sp³-hybridized carbons (Fsp3) is 0.304. The van der Waals surface area contributed by atoms with Crippen molar-refractivity contribution in [1.82, 2.24) is 9.78 Å². The fourth-order valence-electron chi connectivity index (χ4n) is 3.37. The molecule has 0 saturated carbocycles. The Morgan fingerprint density at radius 3 is 2.84 bits per heavy atom. The van der Waals surface area contributed by atoms with Gasteiger partial charge in [-0.3, -0.25) is 10.00 Å². The number of hydrogen-bond donors (Lipinski definition) is 1. The van der Waals surface area contributed by atoms with Gasteiger partial charge in [0.15, 0.2) is 11.5 Å². The third kappa shape index (κ3) is 5.35. The van der Waals surface area contributed by atoms with Crippen LogP contribution in [0.4, 0.5) is 10.5 Å². The molecule has 1 aliphatic heterocycles. The molecule has 8 nitrogen and oxygen atoms in total. The van der Waals surface area contributed by atoms with Crippen LogP contribution < -0.4 is 14.8 Å². The van der Waals surface area contributed by atoms with Crippen molar-refractivity contribution in [2.45, 2.75) is 19.1 Å². The maximum absolute atomic E-state index is 12.0. The van der Waals surface area contributed by atoms with E-state index < -0.39 is 6.09 Å². The van der Waals surface area contributed by atoms with E-state index in [4.69, 9.17) is 18.9 Å². The molecule has 162 valence electrons. The van der Waals surface area contributed by atoms with Crippen molar-refractivity contribution in [3.63, 3.8) is 0 Å². The third-order valence-corrected chi connectivity index (χ3v) is 4.91. The van der Waals surface area contributed by atoms with Crippen LogP contribution in [0.3, 0.4) is 0 Å². The summed E-state index contributed by atoms with van der Waals surface area (Å²) in [5.74, 6) is 1.34. The van der Waals surface area contributed by atoms with E-state index in [1.807, 2.05) is 42.5 Å². The summed E-state index contributed by atoms with van der Waals surface area (Å²) >= 11 is 0. The van der Waals surface area contributed by atoms with E-state index in [0.717, 1.165) is 17.7 Å². The molecular weight excluding hydrogens is 398 g/mol. The summed E-state index contributed by atoms with van der Waals surface area (Å²) in [6, 6.07) is 16.8. The fourth-order valence-corrected chi connectivity index (χ4v) is 3.37. The Morgan fingerprint density at radius 2 is 2.06 bits per heavy atom. The summed E-state index contributed by atoms with van der Waals surface area (Å²) in [7, 11) is 1.62. The number of aromatic nitrogens is 2. The number of anilines is 1. The number of amides is 1. The first-order chi connectivity index (χ1) is 15.2. The molecule has 2 heterocycles. The number of nitrogens with zero attached hydrogens (tertiary/aromatic N) is 2. The van der Waals surface area contributed by atoms with Crippen LogP contribution in [0.2, 0.25) is 0 Å². The Bertz CT molecular complexity index is 999. The summed E-state index contributed by atoms with van der Waals surface area (Å²) in [5.41, 5.74) is 2.51. The van der Waals surface area contributed by atoms with Crippen LogP contribution in [-0.2, 0) is 16.0 Å². The maximum atomic E-state index is 12.0. The highest BCUT2D eigenvalue weighted by Gasteiger charge is 2.20. The molecule has 0 radical (unpaired) electrons. The Kier molecular flexibility index (Phi) is 6.68. The van der Waals surface area contributed by atoms with Crippen molar-refractivity contribution in [2.24, 2.45) is 0 Å². The number of hydrogen-bond acceptors (Lipinski definition) is 6. The highest BCUT2D eigenvalue weighted by atomic mass is 16.6. The molecule has 1 saturated heterocycles. The van der Waals surface area contributed by atoms with Gasteiger partial charge < -0.3 is 18.9 Å². The van der Waals surface area contributed by atoms with Gasteiger partial charge in [-0.2, -0.15) is 5.10 Å². The van der Waals surface area contributed by atoms with E-state index in [1.165, 1.54) is 0 Å². The minimum absolute atomic E-state index is 0.0191. The largest absolute Gasteiger partial charge is 0.493 e. The minimum Gasteiger partial charge on any atom is -0.493 e. The van der Waals surface area contributed by atoms with Gasteiger partial charge >= 0.3 is 6.09 Å². The molecule has 1 aromatic heterocycles. The van der Waals surface area contributed by atoms with E-state index in [1.54, 1.807) is 30.1 Å². The van der Waals surface area contributed by atoms with Crippen molar-refractivity contribution in [3.05, 3.63) is 60.8 Å². The molecule has 0 unspecified atom stereocenters.